The van der Waals surface area contributed by atoms with Crippen molar-refractivity contribution >= 4 is 5.97 Å². The van der Waals surface area contributed by atoms with Crippen LogP contribution in [0, 0.1) is 0 Å². The predicted molar refractivity (Wildman–Crippen MR) is 88.2 cm³/mol. The third-order valence-corrected chi connectivity index (χ3v) is 3.29. The summed E-state index contributed by atoms with van der Waals surface area (Å²) < 4.78 is 10.5. The number of rotatable bonds is 7. The Morgan fingerprint density at radius 2 is 1.78 bits per heavy atom. The Labute approximate surface area is 136 Å². The zero-order valence-electron chi connectivity index (χ0n) is 13.8. The van der Waals surface area contributed by atoms with Crippen LogP contribution in [0.1, 0.15) is 32.8 Å². The van der Waals surface area contributed by atoms with Crippen molar-refractivity contribution in [2.45, 2.75) is 39.7 Å². The number of ether oxygens (including phenoxy) is 2. The molecule has 0 fully saturated rings. The summed E-state index contributed by atoms with van der Waals surface area (Å²) in [5, 5.41) is 0. The number of carbonyl (C=O) groups is 1. The van der Waals surface area contributed by atoms with Gasteiger partial charge in [0.1, 0.15) is 5.75 Å². The molecule has 5 heteroatoms. The van der Waals surface area contributed by atoms with E-state index in [9.17, 15) is 4.79 Å². The minimum Gasteiger partial charge on any atom is -0.479 e. The van der Waals surface area contributed by atoms with Gasteiger partial charge >= 0.3 is 5.97 Å². The molecule has 0 saturated carbocycles. The molecule has 2 rings (SSSR count). The molecule has 0 radical (unpaired) electrons. The van der Waals surface area contributed by atoms with E-state index in [1.54, 1.807) is 26.0 Å². The lowest BCUT2D eigenvalue weighted by atomic mass is 10.2. The van der Waals surface area contributed by atoms with Crippen LogP contribution in [0.2, 0.25) is 0 Å². The van der Waals surface area contributed by atoms with Crippen LogP contribution in [-0.4, -0.2) is 28.6 Å². The Hall–Kier alpha value is -2.43. The molecule has 0 aliphatic carbocycles. The number of carbonyl (C=O) groups excluding carboxylic acids is 1. The van der Waals surface area contributed by atoms with E-state index in [1.165, 1.54) is 0 Å². The van der Waals surface area contributed by atoms with Gasteiger partial charge in [0.2, 0.25) is 0 Å². The summed E-state index contributed by atoms with van der Waals surface area (Å²) in [6.07, 6.45) is 5.15. The second-order valence-electron chi connectivity index (χ2n) is 5.20. The van der Waals surface area contributed by atoms with Crippen LogP contribution in [0.15, 0.2) is 36.7 Å². The Morgan fingerprint density at radius 3 is 2.35 bits per heavy atom. The highest BCUT2D eigenvalue weighted by molar-refractivity contribution is 5.74. The molecule has 0 bridgehead atoms. The summed E-state index contributed by atoms with van der Waals surface area (Å²) in [6, 6.07) is 7.35. The fraction of sp³-hybridized carbons (Fsp3) is 0.389. The molecule has 0 aliphatic heterocycles. The van der Waals surface area contributed by atoms with Crippen LogP contribution < -0.4 is 4.74 Å². The van der Waals surface area contributed by atoms with Crippen LogP contribution in [0.25, 0.3) is 11.4 Å². The third-order valence-electron chi connectivity index (χ3n) is 3.29. The summed E-state index contributed by atoms with van der Waals surface area (Å²) in [5.74, 6) is 0.915. The molecule has 1 atom stereocenters. The first-order valence-corrected chi connectivity index (χ1v) is 7.88. The number of aryl methyl sites for hydroxylation is 1. The zero-order chi connectivity index (χ0) is 16.7. The number of benzene rings is 1. The summed E-state index contributed by atoms with van der Waals surface area (Å²) in [7, 11) is 0. The maximum atomic E-state index is 11.6. The molecule has 0 saturated heterocycles. The second-order valence-corrected chi connectivity index (χ2v) is 5.20. The van der Waals surface area contributed by atoms with Crippen molar-refractivity contribution in [2.24, 2.45) is 0 Å². The first kappa shape index (κ1) is 16.9. The average Bonchev–Trinajstić information content (AvgIpc) is 2.57. The lowest BCUT2D eigenvalue weighted by Crippen LogP contribution is -2.25. The maximum Gasteiger partial charge on any atom is 0.347 e. The average molecular weight is 314 g/mol. The standard InChI is InChI=1S/C18H22N2O3/c1-4-6-14-11-19-17(20-12-14)15-7-9-16(10-8-15)23-13(3)18(21)22-5-2/h7-13H,4-6H2,1-3H3. The van der Waals surface area contributed by atoms with Gasteiger partial charge in [-0.2, -0.15) is 0 Å². The Morgan fingerprint density at radius 1 is 1.13 bits per heavy atom. The van der Waals surface area contributed by atoms with Crippen molar-refractivity contribution in [3.63, 3.8) is 0 Å². The number of nitrogens with zero attached hydrogens (tertiary/aromatic N) is 2. The minimum atomic E-state index is -0.634. The summed E-state index contributed by atoms with van der Waals surface area (Å²) >= 11 is 0. The smallest absolute Gasteiger partial charge is 0.347 e. The second kappa shape index (κ2) is 8.27. The first-order chi connectivity index (χ1) is 11.1. The molecular formula is C18H22N2O3. The van der Waals surface area contributed by atoms with Gasteiger partial charge in [-0.05, 0) is 50.1 Å². The van der Waals surface area contributed by atoms with Crippen molar-refractivity contribution in [3.8, 4) is 17.1 Å². The van der Waals surface area contributed by atoms with E-state index in [0.717, 1.165) is 24.0 Å². The van der Waals surface area contributed by atoms with Gasteiger partial charge in [0.25, 0.3) is 0 Å². The summed E-state index contributed by atoms with van der Waals surface area (Å²) in [4.78, 5) is 20.3. The number of aromatic nitrogens is 2. The van der Waals surface area contributed by atoms with Crippen molar-refractivity contribution < 1.29 is 14.3 Å². The largest absolute Gasteiger partial charge is 0.479 e. The Kier molecular flexibility index (Phi) is 6.09. The fourth-order valence-electron chi connectivity index (χ4n) is 2.12. The molecule has 1 heterocycles. The van der Waals surface area contributed by atoms with Gasteiger partial charge in [0, 0.05) is 18.0 Å². The van der Waals surface area contributed by atoms with Crippen molar-refractivity contribution in [2.75, 3.05) is 6.61 Å². The monoisotopic (exact) mass is 314 g/mol. The molecule has 0 amide bonds. The van der Waals surface area contributed by atoms with Crippen LogP contribution in [0.5, 0.6) is 5.75 Å². The molecule has 23 heavy (non-hydrogen) atoms. The molecule has 5 nitrogen and oxygen atoms in total. The van der Waals surface area contributed by atoms with Crippen LogP contribution in [-0.2, 0) is 16.0 Å². The topological polar surface area (TPSA) is 61.3 Å². The highest BCUT2D eigenvalue weighted by atomic mass is 16.6. The van der Waals surface area contributed by atoms with Gasteiger partial charge in [-0.25, -0.2) is 14.8 Å². The molecule has 1 aromatic carbocycles. The highest BCUT2D eigenvalue weighted by Gasteiger charge is 2.15. The molecule has 122 valence electrons. The minimum absolute atomic E-state index is 0.344. The molecular weight excluding hydrogens is 292 g/mol. The normalized spacial score (nSPS) is 11.8. The molecule has 2 aromatic rings. The Bertz CT molecular complexity index is 624. The van der Waals surface area contributed by atoms with E-state index >= 15 is 0 Å². The lowest BCUT2D eigenvalue weighted by Gasteiger charge is -2.13. The van der Waals surface area contributed by atoms with Crippen molar-refractivity contribution in [3.05, 3.63) is 42.2 Å². The summed E-state index contributed by atoms with van der Waals surface area (Å²) in [5.41, 5.74) is 2.05. The zero-order valence-corrected chi connectivity index (χ0v) is 13.8. The maximum absolute atomic E-state index is 11.6. The highest BCUT2D eigenvalue weighted by Crippen LogP contribution is 2.20. The third kappa shape index (κ3) is 4.77. The van der Waals surface area contributed by atoms with E-state index in [-0.39, 0.29) is 5.97 Å². The molecule has 1 aromatic heterocycles. The van der Waals surface area contributed by atoms with Gasteiger partial charge in [-0.1, -0.05) is 13.3 Å². The van der Waals surface area contributed by atoms with Crippen LogP contribution in [0.4, 0.5) is 0 Å². The first-order valence-electron chi connectivity index (χ1n) is 7.88. The quantitative estimate of drug-likeness (QED) is 0.733. The van der Waals surface area contributed by atoms with E-state index in [2.05, 4.69) is 16.9 Å². The predicted octanol–water partition coefficient (Wildman–Crippen LogP) is 3.43. The SMILES string of the molecule is CCCc1cnc(-c2ccc(OC(C)C(=O)OCC)cc2)nc1. The van der Waals surface area contributed by atoms with Crippen molar-refractivity contribution in [1.29, 1.82) is 0 Å². The molecule has 1 unspecified atom stereocenters. The van der Waals surface area contributed by atoms with E-state index in [1.807, 2.05) is 24.5 Å². The van der Waals surface area contributed by atoms with Crippen molar-refractivity contribution in [1.82, 2.24) is 9.97 Å². The molecule has 0 aliphatic rings. The van der Waals surface area contributed by atoms with Crippen LogP contribution >= 0.6 is 0 Å². The van der Waals surface area contributed by atoms with Gasteiger partial charge in [-0.3, -0.25) is 0 Å². The van der Waals surface area contributed by atoms with E-state index < -0.39 is 6.10 Å². The molecule has 0 spiro atoms. The van der Waals surface area contributed by atoms with E-state index in [0.29, 0.717) is 18.2 Å². The number of hydrogen-bond donors (Lipinski definition) is 0. The Balaban J connectivity index is 2.02. The summed E-state index contributed by atoms with van der Waals surface area (Å²) in [6.45, 7) is 5.91. The van der Waals surface area contributed by atoms with Gasteiger partial charge in [-0.15, -0.1) is 0 Å². The molecule has 0 N–H and O–H groups in total. The fourth-order valence-corrected chi connectivity index (χ4v) is 2.12. The van der Waals surface area contributed by atoms with Gasteiger partial charge in [0.15, 0.2) is 11.9 Å². The van der Waals surface area contributed by atoms with Crippen LogP contribution in [0.3, 0.4) is 0 Å². The van der Waals surface area contributed by atoms with Gasteiger partial charge in [0.05, 0.1) is 6.61 Å². The lowest BCUT2D eigenvalue weighted by molar-refractivity contribution is -0.150. The van der Waals surface area contributed by atoms with E-state index in [4.69, 9.17) is 9.47 Å². The number of esters is 1. The number of hydrogen-bond acceptors (Lipinski definition) is 5. The van der Waals surface area contributed by atoms with Gasteiger partial charge < -0.3 is 9.47 Å².